The summed E-state index contributed by atoms with van der Waals surface area (Å²) < 4.78 is 280. The van der Waals surface area contributed by atoms with Gasteiger partial charge in [-0.1, -0.05) is 0 Å². The lowest BCUT2D eigenvalue weighted by atomic mass is 9.21. The number of hydrogen-bond donors (Lipinski definition) is 2. The first-order valence-corrected chi connectivity index (χ1v) is 15.9. The van der Waals surface area contributed by atoms with Crippen LogP contribution in [0.1, 0.15) is 0 Å². The monoisotopic (exact) mass is 838 g/mol. The first-order valence-electron chi connectivity index (χ1n) is 15.9. The van der Waals surface area contributed by atoms with E-state index in [0.29, 0.717) is 0 Å². The molecule has 6 aromatic carbocycles. The van der Waals surface area contributed by atoms with Crippen LogP contribution in [0, 0.1) is 105 Å². The van der Waals surface area contributed by atoms with Crippen molar-refractivity contribution in [2.45, 2.75) is 0 Å². The molecule has 0 bridgehead atoms. The molecular weight excluding hydrogens is 824 g/mol. The molecule has 0 aliphatic heterocycles. The van der Waals surface area contributed by atoms with Gasteiger partial charge in [-0.05, 0) is 0 Å². The molecule has 0 saturated carbocycles. The quantitative estimate of drug-likeness (QED) is 0.108. The fraction of sp³-hybridized carbons (Fsp3) is 0. The third-order valence-electron chi connectivity index (χ3n) is 9.38. The van der Waals surface area contributed by atoms with E-state index in [2.05, 4.69) is 0 Å². The number of hydrazine groups is 1. The van der Waals surface area contributed by atoms with E-state index >= 15 is 52.7 Å². The molecule has 6 aromatic rings. The second-order valence-electron chi connectivity index (χ2n) is 12.7. The molecule has 6 rings (SSSR count). The van der Waals surface area contributed by atoms with Gasteiger partial charge in [0.05, 0.1) is 69.8 Å². The Labute approximate surface area is 312 Å². The topological polar surface area (TPSA) is 24.1 Å². The summed E-state index contributed by atoms with van der Waals surface area (Å²) in [6, 6.07) is -3.60. The van der Waals surface area contributed by atoms with E-state index in [4.69, 9.17) is 0 Å². The van der Waals surface area contributed by atoms with Crippen molar-refractivity contribution in [2.75, 3.05) is 0 Å². The first kappa shape index (κ1) is 41.7. The highest BCUT2D eigenvalue weighted by Gasteiger charge is 2.47. The van der Waals surface area contributed by atoms with E-state index in [0.717, 1.165) is 0 Å². The highest BCUT2D eigenvalue weighted by molar-refractivity contribution is 7.13. The molecule has 0 radical (unpaired) electrons. The molecule has 2 nitrogen and oxygen atoms in total. The van der Waals surface area contributed by atoms with Crippen LogP contribution in [0.2, 0.25) is 0 Å². The summed E-state index contributed by atoms with van der Waals surface area (Å²) in [6.45, 7) is 0. The lowest BCUT2D eigenvalue weighted by Crippen LogP contribution is -2.90. The van der Waals surface area contributed by atoms with Gasteiger partial charge in [-0.3, -0.25) is 0 Å². The van der Waals surface area contributed by atoms with Gasteiger partial charge >= 0.3 is 0 Å². The van der Waals surface area contributed by atoms with Crippen LogP contribution in [0.3, 0.4) is 0 Å². The van der Waals surface area contributed by atoms with Crippen molar-refractivity contribution in [3.63, 3.8) is 0 Å². The summed E-state index contributed by atoms with van der Waals surface area (Å²) in [5.41, 5.74) is -13.0. The number of nitrogens with one attached hydrogen (secondary N) is 2. The molecule has 0 aliphatic carbocycles. The fourth-order valence-electron chi connectivity index (χ4n) is 7.35. The van der Waals surface area contributed by atoms with Crippen molar-refractivity contribution in [3.8, 4) is 0 Å². The van der Waals surface area contributed by atoms with Crippen LogP contribution in [0.4, 0.5) is 79.0 Å². The Balaban J connectivity index is 1.92. The Morgan fingerprint density at radius 1 is 0.207 bits per heavy atom. The molecule has 0 saturated heterocycles. The molecule has 0 spiro atoms. The van der Waals surface area contributed by atoms with Gasteiger partial charge < -0.3 is 10.7 Å². The zero-order chi connectivity index (χ0) is 42.8. The summed E-state index contributed by atoms with van der Waals surface area (Å²) in [7, 11) is 0. The fourth-order valence-corrected chi connectivity index (χ4v) is 7.35. The van der Waals surface area contributed by atoms with Crippen LogP contribution >= 0.6 is 0 Å². The van der Waals surface area contributed by atoms with Crippen LogP contribution in [0.5, 0.6) is 0 Å². The molecule has 0 heterocycles. The van der Waals surface area contributed by atoms with Crippen molar-refractivity contribution >= 4 is 45.3 Å². The predicted molar refractivity (Wildman–Crippen MR) is 173 cm³/mol. The van der Waals surface area contributed by atoms with E-state index in [1.165, 1.54) is 10.7 Å². The van der Waals surface area contributed by atoms with Crippen molar-refractivity contribution in [1.29, 1.82) is 0 Å². The van der Waals surface area contributed by atoms with Gasteiger partial charge in [0.2, 0.25) is 0 Å². The standard InChI is InChI=1S/C36H14B2F18N2/c39-13-1-19(45)31(20(46)2-13)37(32-21(47)3-14(40)4-22(32)48,33-23(49)5-15(41)6-24(33)50)57-58-38(34-25(51)7-16(42)8-26(34)52,35-27(53)9-17(43)10-28(35)54)36-29(55)11-18(44)12-30(36)56/h1-12,57-58H/q-2. The average Bonchev–Trinajstić information content (AvgIpc) is 3.04. The van der Waals surface area contributed by atoms with Crippen LogP contribution in [-0.4, -0.2) is 12.6 Å². The maximum Gasteiger partial charge on any atom is 0.172 e. The van der Waals surface area contributed by atoms with Crippen LogP contribution in [0.25, 0.3) is 0 Å². The van der Waals surface area contributed by atoms with E-state index in [1.807, 2.05) is 0 Å². The summed E-state index contributed by atoms with van der Waals surface area (Å²) in [4.78, 5) is 0. The normalized spacial score (nSPS) is 12.1. The average molecular weight is 838 g/mol. The van der Waals surface area contributed by atoms with Gasteiger partial charge in [-0.25, -0.2) is 79.0 Å². The van der Waals surface area contributed by atoms with Gasteiger partial charge in [0.15, 0.2) is 12.6 Å². The molecular formula is C36H14B2F18N2-2. The molecule has 0 atom stereocenters. The van der Waals surface area contributed by atoms with Crippen LogP contribution in [0.15, 0.2) is 72.8 Å². The van der Waals surface area contributed by atoms with Gasteiger partial charge in [0.25, 0.3) is 0 Å². The molecule has 302 valence electrons. The van der Waals surface area contributed by atoms with Gasteiger partial charge in [0.1, 0.15) is 34.9 Å². The molecule has 0 aliphatic rings. The molecule has 0 fully saturated rings. The molecule has 58 heavy (non-hydrogen) atoms. The maximum absolute atomic E-state index is 16.1. The Kier molecular flexibility index (Phi) is 10.9. The Morgan fingerprint density at radius 3 is 0.414 bits per heavy atom. The minimum atomic E-state index is -5.61. The van der Waals surface area contributed by atoms with Gasteiger partial charge in [-0.2, -0.15) is 0 Å². The molecule has 2 N–H and O–H groups in total. The largest absolute Gasteiger partial charge is 0.450 e. The first-order chi connectivity index (χ1) is 27.1. The Morgan fingerprint density at radius 2 is 0.310 bits per heavy atom. The minimum absolute atomic E-state index is 0.300. The van der Waals surface area contributed by atoms with Crippen molar-refractivity contribution in [3.05, 3.63) is 178 Å². The second kappa shape index (κ2) is 15.1. The minimum Gasteiger partial charge on any atom is -0.450 e. The summed E-state index contributed by atoms with van der Waals surface area (Å²) in [5.74, 6) is -39.9. The predicted octanol–water partition coefficient (Wildman–Crippen LogP) is 5.92. The summed E-state index contributed by atoms with van der Waals surface area (Å²) in [5, 5.41) is 2.96. The SMILES string of the molecule is Fc1cc(F)c([B-](NN[B-](c2c(F)cc(F)cc2F)(c2c(F)cc(F)cc2F)c2c(F)cc(F)cc2F)(c2c(F)cc(F)cc2F)c2c(F)cc(F)cc2F)c(F)c1. The Hall–Kier alpha value is -5.89. The number of halogens is 18. The highest BCUT2D eigenvalue weighted by atomic mass is 19.2. The van der Waals surface area contributed by atoms with E-state index in [9.17, 15) is 26.3 Å². The highest BCUT2D eigenvalue weighted by Crippen LogP contribution is 2.23. The van der Waals surface area contributed by atoms with Crippen molar-refractivity contribution in [2.24, 2.45) is 0 Å². The molecule has 0 aromatic heterocycles. The van der Waals surface area contributed by atoms with Crippen LogP contribution in [-0.2, 0) is 0 Å². The molecule has 0 amide bonds. The lowest BCUT2D eigenvalue weighted by molar-refractivity contribution is 0.538. The van der Waals surface area contributed by atoms with Crippen LogP contribution < -0.4 is 43.5 Å². The van der Waals surface area contributed by atoms with E-state index < -0.39 is 150 Å². The van der Waals surface area contributed by atoms with Crippen molar-refractivity contribution < 1.29 is 79.0 Å². The maximum atomic E-state index is 16.1. The third-order valence-corrected chi connectivity index (χ3v) is 9.38. The second-order valence-corrected chi connectivity index (χ2v) is 12.7. The zero-order valence-corrected chi connectivity index (χ0v) is 27.9. The summed E-state index contributed by atoms with van der Waals surface area (Å²) >= 11 is 0. The Bertz CT molecular complexity index is 2060. The summed E-state index contributed by atoms with van der Waals surface area (Å²) in [6.07, 6.45) is -11.2. The van der Waals surface area contributed by atoms with Crippen molar-refractivity contribution in [1.82, 2.24) is 10.7 Å². The van der Waals surface area contributed by atoms with Gasteiger partial charge in [-0.15, -0.1) is 32.8 Å². The lowest BCUT2D eigenvalue weighted by Gasteiger charge is -2.53. The third kappa shape index (κ3) is 6.82. The van der Waals surface area contributed by atoms with Gasteiger partial charge in [0, 0.05) is 72.8 Å². The molecule has 22 heteroatoms. The smallest absolute Gasteiger partial charge is 0.172 e. The van der Waals surface area contributed by atoms with E-state index in [-0.39, 0.29) is 72.8 Å². The zero-order valence-electron chi connectivity index (χ0n) is 27.9. The van der Waals surface area contributed by atoms with E-state index in [1.54, 1.807) is 0 Å². The number of hydrogen-bond acceptors (Lipinski definition) is 2. The number of benzene rings is 6. The molecule has 0 unspecified atom stereocenters. The number of rotatable bonds is 9.